The second-order valence-electron chi connectivity index (χ2n) is 4.20. The number of nitrogens with zero attached hydrogens (tertiary/aromatic N) is 1. The van der Waals surface area contributed by atoms with E-state index in [1.54, 1.807) is 18.2 Å². The molecule has 5 nitrogen and oxygen atoms in total. The average Bonchev–Trinajstić information content (AvgIpc) is 2.52. The molecule has 2 N–H and O–H groups in total. The first kappa shape index (κ1) is 16.5. The van der Waals surface area contributed by atoms with Gasteiger partial charge in [-0.1, -0.05) is 40.9 Å². The highest BCUT2D eigenvalue weighted by Crippen LogP contribution is 2.31. The summed E-state index contributed by atoms with van der Waals surface area (Å²) >= 11 is 17.6. The van der Waals surface area contributed by atoms with Gasteiger partial charge >= 0.3 is 0 Å². The lowest BCUT2D eigenvalue weighted by molar-refractivity contribution is 0.0961. The third-order valence-electron chi connectivity index (χ3n) is 2.74. The summed E-state index contributed by atoms with van der Waals surface area (Å²) in [6, 6.07) is 6.43. The number of aromatic nitrogens is 1. The molecule has 0 saturated heterocycles. The first-order valence-corrected chi connectivity index (χ1v) is 7.20. The minimum atomic E-state index is -0.558. The number of amides is 2. The second-order valence-corrected chi connectivity index (χ2v) is 5.36. The predicted molar refractivity (Wildman–Crippen MR) is 87.1 cm³/mol. The van der Waals surface area contributed by atoms with Crippen molar-refractivity contribution in [1.82, 2.24) is 10.3 Å². The monoisotopic (exact) mass is 357 g/mol. The van der Waals surface area contributed by atoms with Crippen LogP contribution in [0.3, 0.4) is 0 Å². The number of hydrogen-bond donors (Lipinski definition) is 2. The Morgan fingerprint density at radius 2 is 1.82 bits per heavy atom. The summed E-state index contributed by atoms with van der Waals surface area (Å²) in [6.45, 7) is 0. The summed E-state index contributed by atoms with van der Waals surface area (Å²) in [7, 11) is 1.52. The van der Waals surface area contributed by atoms with Gasteiger partial charge in [-0.2, -0.15) is 0 Å². The highest BCUT2D eigenvalue weighted by atomic mass is 35.5. The quantitative estimate of drug-likeness (QED) is 0.879. The summed E-state index contributed by atoms with van der Waals surface area (Å²) in [5.74, 6) is -0.820. The molecule has 8 heteroatoms. The van der Waals surface area contributed by atoms with Gasteiger partial charge in [-0.25, -0.2) is 4.98 Å². The Morgan fingerprint density at radius 1 is 1.09 bits per heavy atom. The van der Waals surface area contributed by atoms with Crippen molar-refractivity contribution < 1.29 is 9.59 Å². The van der Waals surface area contributed by atoms with Crippen LogP contribution in [0.4, 0.5) is 5.69 Å². The molecule has 114 valence electrons. The van der Waals surface area contributed by atoms with Gasteiger partial charge in [0, 0.05) is 24.5 Å². The van der Waals surface area contributed by atoms with Gasteiger partial charge in [0.25, 0.3) is 11.8 Å². The lowest BCUT2D eigenvalue weighted by Gasteiger charge is -2.08. The Balaban J connectivity index is 2.26. The summed E-state index contributed by atoms with van der Waals surface area (Å²) in [4.78, 5) is 27.6. The SMILES string of the molecule is CNC(=O)c1cccc(NC(=O)c2ncc(Cl)c(Cl)c2Cl)c1. The molecule has 1 aromatic carbocycles. The minimum absolute atomic E-state index is 0.0332. The molecule has 2 aromatic rings. The van der Waals surface area contributed by atoms with Crippen LogP contribution in [0, 0.1) is 0 Å². The van der Waals surface area contributed by atoms with E-state index in [2.05, 4.69) is 15.6 Å². The Kier molecular flexibility index (Phi) is 5.24. The van der Waals surface area contributed by atoms with Crippen LogP contribution in [0.5, 0.6) is 0 Å². The molecule has 2 rings (SSSR count). The fraction of sp³-hybridized carbons (Fsp3) is 0.0714. The molecular weight excluding hydrogens is 349 g/mol. The number of hydrogen-bond acceptors (Lipinski definition) is 3. The fourth-order valence-electron chi connectivity index (χ4n) is 1.67. The molecular formula is C14H10Cl3N3O2. The molecule has 0 aliphatic rings. The molecule has 22 heavy (non-hydrogen) atoms. The van der Waals surface area contributed by atoms with Crippen LogP contribution in [0.1, 0.15) is 20.8 Å². The number of benzene rings is 1. The van der Waals surface area contributed by atoms with Crippen molar-refractivity contribution in [2.24, 2.45) is 0 Å². The third-order valence-corrected chi connectivity index (χ3v) is 3.98. The van der Waals surface area contributed by atoms with E-state index in [9.17, 15) is 9.59 Å². The maximum atomic E-state index is 12.2. The van der Waals surface area contributed by atoms with Crippen LogP contribution in [-0.4, -0.2) is 23.8 Å². The van der Waals surface area contributed by atoms with Crippen LogP contribution in [-0.2, 0) is 0 Å². The van der Waals surface area contributed by atoms with E-state index in [1.807, 2.05) is 0 Å². The van der Waals surface area contributed by atoms with Crippen LogP contribution < -0.4 is 10.6 Å². The second kappa shape index (κ2) is 6.96. The fourth-order valence-corrected chi connectivity index (χ4v) is 2.24. The van der Waals surface area contributed by atoms with E-state index < -0.39 is 5.91 Å². The number of carbonyl (C=O) groups excluding carboxylic acids is 2. The van der Waals surface area contributed by atoms with E-state index in [0.29, 0.717) is 11.3 Å². The molecule has 0 fully saturated rings. The Morgan fingerprint density at radius 3 is 2.50 bits per heavy atom. The van der Waals surface area contributed by atoms with Crippen molar-refractivity contribution >= 4 is 52.3 Å². The normalized spacial score (nSPS) is 10.2. The van der Waals surface area contributed by atoms with E-state index in [4.69, 9.17) is 34.8 Å². The summed E-state index contributed by atoms with van der Waals surface area (Å²) in [5.41, 5.74) is 0.782. The average molecular weight is 359 g/mol. The molecule has 0 aliphatic carbocycles. The van der Waals surface area contributed by atoms with E-state index in [-0.39, 0.29) is 26.7 Å². The molecule has 1 aromatic heterocycles. The van der Waals surface area contributed by atoms with Crippen LogP contribution in [0.2, 0.25) is 15.1 Å². The molecule has 0 unspecified atom stereocenters. The first-order chi connectivity index (χ1) is 10.4. The van der Waals surface area contributed by atoms with E-state index in [0.717, 1.165) is 0 Å². The summed E-state index contributed by atoms with van der Waals surface area (Å²) < 4.78 is 0. The zero-order valence-electron chi connectivity index (χ0n) is 11.3. The van der Waals surface area contributed by atoms with Crippen molar-refractivity contribution in [3.63, 3.8) is 0 Å². The topological polar surface area (TPSA) is 71.1 Å². The maximum absolute atomic E-state index is 12.2. The van der Waals surface area contributed by atoms with Gasteiger partial charge in [0.05, 0.1) is 15.1 Å². The number of rotatable bonds is 3. The predicted octanol–water partition coefficient (Wildman–Crippen LogP) is 3.65. The number of nitrogens with one attached hydrogen (secondary N) is 2. The van der Waals surface area contributed by atoms with E-state index in [1.165, 1.54) is 19.3 Å². The summed E-state index contributed by atoms with van der Waals surface area (Å²) in [6.07, 6.45) is 1.24. The Labute approximate surface area is 141 Å². The molecule has 0 saturated carbocycles. The molecule has 0 bridgehead atoms. The lowest BCUT2D eigenvalue weighted by Crippen LogP contribution is -2.19. The van der Waals surface area contributed by atoms with Gasteiger partial charge in [0.15, 0.2) is 0 Å². The summed E-state index contributed by atoms with van der Waals surface area (Å²) in [5, 5.41) is 5.28. The molecule has 0 aliphatic heterocycles. The minimum Gasteiger partial charge on any atom is -0.355 e. The zero-order chi connectivity index (χ0) is 16.3. The number of anilines is 1. The number of pyridine rings is 1. The van der Waals surface area contributed by atoms with Crippen LogP contribution >= 0.6 is 34.8 Å². The number of carbonyl (C=O) groups is 2. The van der Waals surface area contributed by atoms with Crippen LogP contribution in [0.15, 0.2) is 30.5 Å². The lowest BCUT2D eigenvalue weighted by atomic mass is 10.2. The van der Waals surface area contributed by atoms with Gasteiger partial charge in [0.2, 0.25) is 0 Å². The first-order valence-electron chi connectivity index (χ1n) is 6.07. The third kappa shape index (κ3) is 3.50. The van der Waals surface area contributed by atoms with Crippen molar-refractivity contribution in [1.29, 1.82) is 0 Å². The molecule has 0 radical (unpaired) electrons. The molecule has 0 atom stereocenters. The smallest absolute Gasteiger partial charge is 0.275 e. The van der Waals surface area contributed by atoms with Crippen molar-refractivity contribution in [2.45, 2.75) is 0 Å². The van der Waals surface area contributed by atoms with Gasteiger partial charge in [0.1, 0.15) is 5.69 Å². The van der Waals surface area contributed by atoms with Crippen molar-refractivity contribution in [3.8, 4) is 0 Å². The van der Waals surface area contributed by atoms with Crippen LogP contribution in [0.25, 0.3) is 0 Å². The van der Waals surface area contributed by atoms with Crippen molar-refractivity contribution in [2.75, 3.05) is 12.4 Å². The molecule has 1 heterocycles. The van der Waals surface area contributed by atoms with Crippen molar-refractivity contribution in [3.05, 3.63) is 56.8 Å². The van der Waals surface area contributed by atoms with E-state index >= 15 is 0 Å². The highest BCUT2D eigenvalue weighted by molar-refractivity contribution is 6.49. The van der Waals surface area contributed by atoms with Gasteiger partial charge in [-0.3, -0.25) is 9.59 Å². The Bertz CT molecular complexity index is 750. The van der Waals surface area contributed by atoms with Gasteiger partial charge in [-0.05, 0) is 18.2 Å². The van der Waals surface area contributed by atoms with Gasteiger partial charge in [-0.15, -0.1) is 0 Å². The largest absolute Gasteiger partial charge is 0.355 e. The zero-order valence-corrected chi connectivity index (χ0v) is 13.6. The molecule has 2 amide bonds. The number of halogens is 3. The highest BCUT2D eigenvalue weighted by Gasteiger charge is 2.17. The standard InChI is InChI=1S/C14H10Cl3N3O2/c1-18-13(21)7-3-2-4-8(5-7)20-14(22)12-11(17)10(16)9(15)6-19-12/h2-6H,1H3,(H,18,21)(H,20,22). The molecule has 0 spiro atoms. The van der Waals surface area contributed by atoms with Gasteiger partial charge < -0.3 is 10.6 Å². The maximum Gasteiger partial charge on any atom is 0.275 e. The Hall–Kier alpha value is -1.82.